The minimum Gasteiger partial charge on any atom is -0.361 e. The average molecular weight is 556 g/mol. The molecule has 1 atom stereocenters. The largest absolute Gasteiger partial charge is 0.361 e. The molecular weight excluding hydrogens is 525 g/mol. The highest BCUT2D eigenvalue weighted by Crippen LogP contribution is 2.50. The number of halogens is 2. The summed E-state index contributed by atoms with van der Waals surface area (Å²) in [5.74, 6) is -0.586. The first kappa shape index (κ1) is 27.9. The number of fused-ring (bicyclic) bond motifs is 1. The van der Waals surface area contributed by atoms with Crippen LogP contribution in [0.15, 0.2) is 29.3 Å². The maximum Gasteiger partial charge on any atom is 0.257 e. The molecule has 0 aliphatic heterocycles. The number of carbonyl (C=O) groups is 1. The lowest BCUT2D eigenvalue weighted by atomic mass is 9.89. The highest BCUT2D eigenvalue weighted by atomic mass is 35.5. The molecule has 1 N–H and O–H groups in total. The summed E-state index contributed by atoms with van der Waals surface area (Å²) in [4.78, 5) is 35.9. The van der Waals surface area contributed by atoms with Gasteiger partial charge in [-0.3, -0.25) is 14.2 Å². The lowest BCUT2D eigenvalue weighted by Gasteiger charge is -2.24. The highest BCUT2D eigenvalue weighted by molar-refractivity contribution is 6.76. The van der Waals surface area contributed by atoms with E-state index in [2.05, 4.69) is 34.9 Å². The van der Waals surface area contributed by atoms with Gasteiger partial charge in [-0.15, -0.1) is 0 Å². The third kappa shape index (κ3) is 5.37. The molecule has 11 heteroatoms. The van der Waals surface area contributed by atoms with Crippen LogP contribution in [0.25, 0.3) is 10.9 Å². The molecule has 0 spiro atoms. The van der Waals surface area contributed by atoms with Crippen molar-refractivity contribution < 1.29 is 13.9 Å². The fraction of sp³-hybridized carbons (Fsp3) is 0.444. The average Bonchev–Trinajstić information content (AvgIpc) is 3.66. The van der Waals surface area contributed by atoms with Gasteiger partial charge in [-0.2, -0.15) is 5.26 Å². The molecule has 1 aliphatic rings. The topological polar surface area (TPSA) is 110 Å². The van der Waals surface area contributed by atoms with Gasteiger partial charge in [0.15, 0.2) is 0 Å². The number of amides is 1. The molecule has 4 rings (SSSR count). The summed E-state index contributed by atoms with van der Waals surface area (Å²) in [6, 6.07) is 5.10. The Morgan fingerprint density at radius 1 is 1.32 bits per heavy atom. The molecule has 2 heterocycles. The van der Waals surface area contributed by atoms with E-state index in [4.69, 9.17) is 21.6 Å². The van der Waals surface area contributed by atoms with Crippen LogP contribution in [0.4, 0.5) is 4.39 Å². The maximum absolute atomic E-state index is 14.6. The second-order valence-corrected chi connectivity index (χ2v) is 17.1. The van der Waals surface area contributed by atoms with Crippen molar-refractivity contribution in [1.29, 1.82) is 5.26 Å². The zero-order valence-corrected chi connectivity index (χ0v) is 23.9. The molecule has 0 bridgehead atoms. The Balaban J connectivity index is 1.73. The Labute approximate surface area is 226 Å². The van der Waals surface area contributed by atoms with Crippen LogP contribution >= 0.6 is 11.6 Å². The zero-order valence-electron chi connectivity index (χ0n) is 22.2. The number of nitriles is 1. The summed E-state index contributed by atoms with van der Waals surface area (Å²) in [7, 11) is -1.35. The van der Waals surface area contributed by atoms with Crippen molar-refractivity contribution >= 4 is 36.5 Å². The van der Waals surface area contributed by atoms with Gasteiger partial charge in [0, 0.05) is 38.0 Å². The first-order chi connectivity index (χ1) is 17.9. The molecule has 1 aromatic carbocycles. The third-order valence-corrected chi connectivity index (χ3v) is 9.06. The van der Waals surface area contributed by atoms with Crippen LogP contribution in [0.3, 0.4) is 0 Å². The summed E-state index contributed by atoms with van der Waals surface area (Å²) in [5.41, 5.74) is 0.146. The summed E-state index contributed by atoms with van der Waals surface area (Å²) in [6.07, 6.45) is 3.71. The number of nitrogens with one attached hydrogen (secondary N) is 1. The molecule has 1 aliphatic carbocycles. The Morgan fingerprint density at radius 2 is 1.97 bits per heavy atom. The number of aromatic nitrogens is 3. The number of pyridine rings is 1. The summed E-state index contributed by atoms with van der Waals surface area (Å²) < 4.78 is 21.9. The molecule has 1 amide bonds. The molecule has 8 nitrogen and oxygen atoms in total. The van der Waals surface area contributed by atoms with E-state index in [1.165, 1.54) is 29.1 Å². The third-order valence-electron chi connectivity index (χ3n) is 6.99. The van der Waals surface area contributed by atoms with E-state index in [1.807, 2.05) is 6.07 Å². The van der Waals surface area contributed by atoms with Crippen LogP contribution in [0.1, 0.15) is 48.3 Å². The molecule has 2 aromatic heterocycles. The second-order valence-electron chi connectivity index (χ2n) is 11.1. The van der Waals surface area contributed by atoms with Gasteiger partial charge in [0.05, 0.1) is 27.6 Å². The van der Waals surface area contributed by atoms with Crippen molar-refractivity contribution in [2.24, 2.45) is 0 Å². The normalized spacial score (nSPS) is 15.2. The number of benzene rings is 1. The fourth-order valence-electron chi connectivity index (χ4n) is 4.61. The van der Waals surface area contributed by atoms with Crippen LogP contribution in [0.5, 0.6) is 0 Å². The van der Waals surface area contributed by atoms with Gasteiger partial charge in [-0.05, 0) is 50.4 Å². The van der Waals surface area contributed by atoms with Gasteiger partial charge < -0.3 is 10.1 Å². The van der Waals surface area contributed by atoms with Gasteiger partial charge in [0.25, 0.3) is 5.56 Å². The predicted molar refractivity (Wildman–Crippen MR) is 146 cm³/mol. The SMILES string of the molecule is Cc1c(C2(C(=O)N[C@H](C)c3ncc(C#N)cn3)CC2)c(=O)n(COCC[Si](C)(C)C)c2ccc(F)c(Cl)c12. The first-order valence-corrected chi connectivity index (χ1v) is 16.6. The molecule has 1 saturated carbocycles. The minimum atomic E-state index is -1.35. The number of hydrogen-bond acceptors (Lipinski definition) is 6. The highest BCUT2D eigenvalue weighted by Gasteiger charge is 2.54. The monoisotopic (exact) mass is 555 g/mol. The van der Waals surface area contributed by atoms with E-state index in [1.54, 1.807) is 13.8 Å². The van der Waals surface area contributed by atoms with Crippen molar-refractivity contribution in [3.8, 4) is 6.07 Å². The van der Waals surface area contributed by atoms with Crippen molar-refractivity contribution in [1.82, 2.24) is 19.9 Å². The molecule has 0 saturated heterocycles. The minimum absolute atomic E-state index is 0.0256. The van der Waals surface area contributed by atoms with Crippen LogP contribution in [0, 0.1) is 24.1 Å². The van der Waals surface area contributed by atoms with Crippen LogP contribution in [0.2, 0.25) is 30.7 Å². The van der Waals surface area contributed by atoms with E-state index in [0.29, 0.717) is 52.9 Å². The van der Waals surface area contributed by atoms with Crippen molar-refractivity contribution in [2.75, 3.05) is 6.61 Å². The molecule has 0 radical (unpaired) electrons. The van der Waals surface area contributed by atoms with Crippen molar-refractivity contribution in [3.63, 3.8) is 0 Å². The Hall–Kier alpha value is -3.13. The lowest BCUT2D eigenvalue weighted by Crippen LogP contribution is -2.41. The predicted octanol–water partition coefficient (Wildman–Crippen LogP) is 4.99. The Kier molecular flexibility index (Phi) is 7.75. The molecular formula is C27H31ClFN5O3Si. The summed E-state index contributed by atoms with van der Waals surface area (Å²) in [6.45, 7) is 10.6. The number of rotatable bonds is 9. The number of hydrogen-bond donors (Lipinski definition) is 1. The van der Waals surface area contributed by atoms with Gasteiger partial charge in [-0.1, -0.05) is 31.2 Å². The van der Waals surface area contributed by atoms with Crippen molar-refractivity contribution in [3.05, 3.63) is 68.2 Å². The molecule has 200 valence electrons. The van der Waals surface area contributed by atoms with Gasteiger partial charge in [0.2, 0.25) is 5.91 Å². The molecule has 38 heavy (non-hydrogen) atoms. The Bertz CT molecular complexity index is 1490. The van der Waals surface area contributed by atoms with Crippen LogP contribution < -0.4 is 10.9 Å². The second kappa shape index (κ2) is 10.6. The molecule has 1 fully saturated rings. The first-order valence-electron chi connectivity index (χ1n) is 12.5. The van der Waals surface area contributed by atoms with E-state index in [-0.39, 0.29) is 23.2 Å². The van der Waals surface area contributed by atoms with E-state index < -0.39 is 25.3 Å². The standard InChI is InChI=1S/C27H31ClFN5O3Si/c1-16-21-20(7-6-19(29)23(21)28)34(15-37-10-11-38(3,4)5)25(35)22(16)27(8-9-27)26(36)33-17(2)24-31-13-18(12-30)14-32-24/h6-7,13-14,17H,8-11,15H2,1-5H3,(H,33,36)/t17-/m1/s1. The maximum atomic E-state index is 14.6. The van der Waals surface area contributed by atoms with Crippen LogP contribution in [-0.2, 0) is 21.7 Å². The number of aryl methyl sites for hydroxylation is 1. The van der Waals surface area contributed by atoms with Gasteiger partial charge in [-0.25, -0.2) is 14.4 Å². The van der Waals surface area contributed by atoms with Crippen molar-refractivity contribution in [2.45, 2.75) is 70.6 Å². The Morgan fingerprint density at radius 3 is 2.55 bits per heavy atom. The van der Waals surface area contributed by atoms with E-state index >= 15 is 0 Å². The lowest BCUT2D eigenvalue weighted by molar-refractivity contribution is -0.124. The summed E-state index contributed by atoms with van der Waals surface area (Å²) in [5, 5.41) is 12.2. The summed E-state index contributed by atoms with van der Waals surface area (Å²) >= 11 is 6.42. The van der Waals surface area contributed by atoms with Gasteiger partial charge in [0.1, 0.15) is 24.4 Å². The van der Waals surface area contributed by atoms with Gasteiger partial charge >= 0.3 is 0 Å². The van der Waals surface area contributed by atoms with Crippen LogP contribution in [-0.4, -0.2) is 35.1 Å². The number of nitrogens with zero attached hydrogens (tertiary/aromatic N) is 4. The molecule has 0 unspecified atom stereocenters. The molecule has 3 aromatic rings. The quantitative estimate of drug-likeness (QED) is 0.294. The number of carbonyl (C=O) groups excluding carboxylic acids is 1. The number of ether oxygens (including phenoxy) is 1. The smallest absolute Gasteiger partial charge is 0.257 e. The van der Waals surface area contributed by atoms with E-state index in [9.17, 15) is 14.0 Å². The van der Waals surface area contributed by atoms with E-state index in [0.717, 1.165) is 6.04 Å². The zero-order chi connectivity index (χ0) is 27.8. The fourth-order valence-corrected chi connectivity index (χ4v) is 5.67.